The molecule has 0 N–H and O–H groups in total. The van der Waals surface area contributed by atoms with Gasteiger partial charge in [-0.1, -0.05) is 18.2 Å². The largest absolute Gasteiger partial charge is 0.347 e. The first-order valence-corrected chi connectivity index (χ1v) is 9.96. The predicted octanol–water partition coefficient (Wildman–Crippen LogP) is 3.97. The van der Waals surface area contributed by atoms with E-state index >= 15 is 0 Å². The number of aromatic nitrogens is 3. The van der Waals surface area contributed by atoms with Crippen molar-refractivity contribution in [3.05, 3.63) is 72.3 Å². The van der Waals surface area contributed by atoms with Crippen LogP contribution in [0.5, 0.6) is 0 Å². The van der Waals surface area contributed by atoms with Crippen LogP contribution in [-0.2, 0) is 0 Å². The maximum atomic E-state index is 13.3. The first kappa shape index (κ1) is 19.1. The number of hydrogen-bond acceptors (Lipinski definition) is 5. The van der Waals surface area contributed by atoms with Gasteiger partial charge in [-0.25, -0.2) is 9.97 Å². The monoisotopic (exact) mass is 387 g/mol. The number of benzene rings is 1. The molecule has 3 heterocycles. The van der Waals surface area contributed by atoms with Crippen molar-refractivity contribution in [2.75, 3.05) is 25.5 Å². The van der Waals surface area contributed by atoms with Crippen LogP contribution < -0.4 is 4.90 Å². The third-order valence-corrected chi connectivity index (χ3v) is 5.30. The smallest absolute Gasteiger partial charge is 0.254 e. The molecule has 0 aliphatic carbocycles. The molecule has 1 fully saturated rings. The molecule has 1 aromatic carbocycles. The second-order valence-electron chi connectivity index (χ2n) is 7.48. The van der Waals surface area contributed by atoms with Gasteiger partial charge in [-0.2, -0.15) is 0 Å². The minimum absolute atomic E-state index is 0.0565. The second kappa shape index (κ2) is 8.39. The van der Waals surface area contributed by atoms with Crippen LogP contribution in [-0.4, -0.2) is 46.4 Å². The summed E-state index contributed by atoms with van der Waals surface area (Å²) >= 11 is 0. The Bertz CT molecular complexity index is 975. The van der Waals surface area contributed by atoms with Gasteiger partial charge in [-0.15, -0.1) is 0 Å². The highest BCUT2D eigenvalue weighted by Crippen LogP contribution is 2.37. The molecule has 0 bridgehead atoms. The number of carbonyl (C=O) groups is 1. The fourth-order valence-corrected chi connectivity index (χ4v) is 3.81. The van der Waals surface area contributed by atoms with E-state index in [2.05, 4.69) is 9.97 Å². The van der Waals surface area contributed by atoms with Gasteiger partial charge < -0.3 is 9.80 Å². The van der Waals surface area contributed by atoms with Crippen LogP contribution in [0.1, 0.15) is 41.4 Å². The van der Waals surface area contributed by atoms with E-state index in [1.54, 1.807) is 12.4 Å². The van der Waals surface area contributed by atoms with E-state index in [9.17, 15) is 4.79 Å². The molecule has 1 amide bonds. The van der Waals surface area contributed by atoms with Gasteiger partial charge in [0.2, 0.25) is 5.95 Å². The molecule has 1 aliphatic heterocycles. The topological polar surface area (TPSA) is 62.2 Å². The minimum atomic E-state index is -0.0821. The summed E-state index contributed by atoms with van der Waals surface area (Å²) in [5, 5.41) is 0. The SMILES string of the molecule is CN(C)c1ncc(-c2ccncc2)c(C2CCCCN2C(=O)c2ccccc2)n1. The van der Waals surface area contributed by atoms with Gasteiger partial charge in [0.05, 0.1) is 11.7 Å². The van der Waals surface area contributed by atoms with Gasteiger partial charge in [-0.05, 0) is 49.1 Å². The first-order valence-electron chi connectivity index (χ1n) is 9.96. The van der Waals surface area contributed by atoms with E-state index in [0.717, 1.165) is 42.6 Å². The quantitative estimate of drug-likeness (QED) is 0.678. The zero-order valence-corrected chi connectivity index (χ0v) is 16.8. The highest BCUT2D eigenvalue weighted by atomic mass is 16.2. The zero-order chi connectivity index (χ0) is 20.2. The standard InChI is InChI=1S/C23H25N5O/c1-27(2)23-25-16-19(17-11-13-24-14-12-17)21(26-23)20-10-6-7-15-28(20)22(29)18-8-4-3-5-9-18/h3-5,8-9,11-14,16,20H,6-7,10,15H2,1-2H3. The van der Waals surface area contributed by atoms with Crippen LogP contribution in [0.15, 0.2) is 61.1 Å². The number of amides is 1. The Morgan fingerprint density at radius 1 is 1.07 bits per heavy atom. The predicted molar refractivity (Wildman–Crippen MR) is 114 cm³/mol. The molecule has 1 saturated heterocycles. The number of hydrogen-bond donors (Lipinski definition) is 0. The Balaban J connectivity index is 1.80. The van der Waals surface area contributed by atoms with E-state index in [1.165, 1.54) is 0 Å². The van der Waals surface area contributed by atoms with Crippen LogP contribution in [0.25, 0.3) is 11.1 Å². The maximum absolute atomic E-state index is 13.3. The number of likely N-dealkylation sites (tertiary alicyclic amines) is 1. The van der Waals surface area contributed by atoms with E-state index in [0.29, 0.717) is 11.5 Å². The summed E-state index contributed by atoms with van der Waals surface area (Å²) in [4.78, 5) is 30.7. The molecular weight excluding hydrogens is 362 g/mol. The summed E-state index contributed by atoms with van der Waals surface area (Å²) in [5.41, 5.74) is 3.58. The molecule has 0 saturated carbocycles. The number of carbonyl (C=O) groups excluding carboxylic acids is 1. The van der Waals surface area contributed by atoms with Gasteiger partial charge >= 0.3 is 0 Å². The molecule has 0 spiro atoms. The number of piperidine rings is 1. The van der Waals surface area contributed by atoms with Crippen molar-refractivity contribution in [3.63, 3.8) is 0 Å². The van der Waals surface area contributed by atoms with Gasteiger partial charge in [0, 0.05) is 50.4 Å². The molecule has 1 aliphatic rings. The van der Waals surface area contributed by atoms with Crippen molar-refractivity contribution in [3.8, 4) is 11.1 Å². The number of anilines is 1. The Labute approximate surface area is 171 Å². The molecule has 29 heavy (non-hydrogen) atoms. The van der Waals surface area contributed by atoms with Crippen molar-refractivity contribution in [2.24, 2.45) is 0 Å². The van der Waals surface area contributed by atoms with Crippen molar-refractivity contribution in [1.29, 1.82) is 0 Å². The number of nitrogens with zero attached hydrogens (tertiary/aromatic N) is 5. The first-order chi connectivity index (χ1) is 14.1. The van der Waals surface area contributed by atoms with Crippen LogP contribution in [0.2, 0.25) is 0 Å². The third-order valence-electron chi connectivity index (χ3n) is 5.30. The third kappa shape index (κ3) is 3.97. The molecule has 2 aromatic heterocycles. The molecule has 6 nitrogen and oxygen atoms in total. The van der Waals surface area contributed by atoms with Crippen LogP contribution in [0.3, 0.4) is 0 Å². The molecule has 1 unspecified atom stereocenters. The molecule has 3 aromatic rings. The fourth-order valence-electron chi connectivity index (χ4n) is 3.81. The van der Waals surface area contributed by atoms with E-state index in [1.807, 2.05) is 72.6 Å². The Morgan fingerprint density at radius 3 is 2.55 bits per heavy atom. The fraction of sp³-hybridized carbons (Fsp3) is 0.304. The average molecular weight is 387 g/mol. The number of rotatable bonds is 4. The molecule has 4 rings (SSSR count). The summed E-state index contributed by atoms with van der Waals surface area (Å²) in [7, 11) is 3.86. The summed E-state index contributed by atoms with van der Waals surface area (Å²) in [6.45, 7) is 0.732. The van der Waals surface area contributed by atoms with Gasteiger partial charge in [-0.3, -0.25) is 9.78 Å². The van der Waals surface area contributed by atoms with Gasteiger partial charge in [0.1, 0.15) is 0 Å². The maximum Gasteiger partial charge on any atom is 0.254 e. The molecular formula is C23H25N5O. The van der Waals surface area contributed by atoms with Crippen molar-refractivity contribution >= 4 is 11.9 Å². The molecule has 148 valence electrons. The van der Waals surface area contributed by atoms with Crippen LogP contribution >= 0.6 is 0 Å². The van der Waals surface area contributed by atoms with E-state index < -0.39 is 0 Å². The Morgan fingerprint density at radius 2 is 1.83 bits per heavy atom. The number of pyridine rings is 1. The van der Waals surface area contributed by atoms with Gasteiger partial charge in [0.25, 0.3) is 5.91 Å². The summed E-state index contributed by atoms with van der Waals surface area (Å²) in [5.74, 6) is 0.705. The molecule has 6 heteroatoms. The average Bonchev–Trinajstić information content (AvgIpc) is 2.79. The summed E-state index contributed by atoms with van der Waals surface area (Å²) in [6, 6.07) is 13.3. The molecule has 1 atom stereocenters. The van der Waals surface area contributed by atoms with Crippen molar-refractivity contribution in [1.82, 2.24) is 19.9 Å². The lowest BCUT2D eigenvalue weighted by Gasteiger charge is -2.36. The van der Waals surface area contributed by atoms with Crippen LogP contribution in [0, 0.1) is 0 Å². The highest BCUT2D eigenvalue weighted by molar-refractivity contribution is 5.94. The van der Waals surface area contributed by atoms with Crippen molar-refractivity contribution in [2.45, 2.75) is 25.3 Å². The minimum Gasteiger partial charge on any atom is -0.347 e. The van der Waals surface area contributed by atoms with E-state index in [-0.39, 0.29) is 11.9 Å². The normalized spacial score (nSPS) is 16.5. The summed E-state index contributed by atoms with van der Waals surface area (Å²) < 4.78 is 0. The molecule has 0 radical (unpaired) electrons. The lowest BCUT2D eigenvalue weighted by Crippen LogP contribution is -2.39. The Kier molecular flexibility index (Phi) is 5.51. The van der Waals surface area contributed by atoms with Crippen LogP contribution in [0.4, 0.5) is 5.95 Å². The van der Waals surface area contributed by atoms with Crippen molar-refractivity contribution < 1.29 is 4.79 Å². The Hall–Kier alpha value is -3.28. The van der Waals surface area contributed by atoms with E-state index in [4.69, 9.17) is 4.98 Å². The lowest BCUT2D eigenvalue weighted by molar-refractivity contribution is 0.0607. The highest BCUT2D eigenvalue weighted by Gasteiger charge is 2.32. The summed E-state index contributed by atoms with van der Waals surface area (Å²) in [6.07, 6.45) is 8.37. The zero-order valence-electron chi connectivity index (χ0n) is 16.8. The lowest BCUT2D eigenvalue weighted by atomic mass is 9.93. The van der Waals surface area contributed by atoms with Gasteiger partial charge in [0.15, 0.2) is 0 Å². The second-order valence-corrected chi connectivity index (χ2v) is 7.48.